The molecule has 70 valence electrons. The Bertz CT molecular complexity index is 179. The molecule has 0 radical (unpaired) electrons. The van der Waals surface area contributed by atoms with Crippen molar-refractivity contribution in [3.8, 4) is 0 Å². The van der Waals surface area contributed by atoms with Crippen molar-refractivity contribution in [3.63, 3.8) is 0 Å². The van der Waals surface area contributed by atoms with Gasteiger partial charge in [-0.2, -0.15) is 0 Å². The molecule has 2 atom stereocenters. The SMILES string of the molecule is CCC(Cl)C(C=O)(CC)C(C)=O. The first-order chi connectivity index (χ1) is 5.55. The molecule has 0 saturated carbocycles. The third kappa shape index (κ3) is 1.86. The number of aldehydes is 1. The van der Waals surface area contributed by atoms with Crippen LogP contribution in [0.3, 0.4) is 0 Å². The van der Waals surface area contributed by atoms with Gasteiger partial charge in [0.1, 0.15) is 12.1 Å². The lowest BCUT2D eigenvalue weighted by molar-refractivity contribution is -0.133. The number of ketones is 1. The summed E-state index contributed by atoms with van der Waals surface area (Å²) in [7, 11) is 0. The van der Waals surface area contributed by atoms with Crippen LogP contribution in [-0.4, -0.2) is 17.4 Å². The van der Waals surface area contributed by atoms with Gasteiger partial charge in [-0.15, -0.1) is 11.6 Å². The van der Waals surface area contributed by atoms with Gasteiger partial charge in [0, 0.05) is 0 Å². The van der Waals surface area contributed by atoms with E-state index in [1.807, 2.05) is 6.92 Å². The van der Waals surface area contributed by atoms with E-state index in [9.17, 15) is 9.59 Å². The standard InChI is InChI=1S/C9H15ClO2/c1-4-8(10)9(5-2,6-11)7(3)12/h6,8H,4-5H2,1-3H3. The largest absolute Gasteiger partial charge is 0.302 e. The molecule has 0 aromatic heterocycles. The van der Waals surface area contributed by atoms with Crippen molar-refractivity contribution in [2.24, 2.45) is 5.41 Å². The van der Waals surface area contributed by atoms with Crippen molar-refractivity contribution < 1.29 is 9.59 Å². The van der Waals surface area contributed by atoms with E-state index in [2.05, 4.69) is 0 Å². The van der Waals surface area contributed by atoms with Crippen molar-refractivity contribution in [2.45, 2.75) is 39.0 Å². The van der Waals surface area contributed by atoms with E-state index in [1.54, 1.807) is 6.92 Å². The van der Waals surface area contributed by atoms with Crippen LogP contribution in [0.1, 0.15) is 33.6 Å². The Morgan fingerprint density at radius 3 is 2.17 bits per heavy atom. The first kappa shape index (κ1) is 11.6. The molecule has 0 spiro atoms. The van der Waals surface area contributed by atoms with Gasteiger partial charge in [-0.3, -0.25) is 4.79 Å². The Morgan fingerprint density at radius 1 is 1.58 bits per heavy atom. The average molecular weight is 191 g/mol. The zero-order valence-electron chi connectivity index (χ0n) is 7.76. The Morgan fingerprint density at radius 2 is 2.08 bits per heavy atom. The van der Waals surface area contributed by atoms with Crippen LogP contribution in [0.15, 0.2) is 0 Å². The summed E-state index contributed by atoms with van der Waals surface area (Å²) in [5.41, 5.74) is -0.962. The Kier molecular flexibility index (Phi) is 4.46. The molecule has 0 rings (SSSR count). The number of carbonyl (C=O) groups excluding carboxylic acids is 2. The molecule has 0 fully saturated rings. The highest BCUT2D eigenvalue weighted by Gasteiger charge is 2.39. The molecule has 0 aliphatic carbocycles. The van der Waals surface area contributed by atoms with Crippen molar-refractivity contribution in [1.29, 1.82) is 0 Å². The van der Waals surface area contributed by atoms with E-state index in [-0.39, 0.29) is 11.2 Å². The van der Waals surface area contributed by atoms with Crippen LogP contribution in [0.4, 0.5) is 0 Å². The first-order valence-electron chi connectivity index (χ1n) is 4.16. The Labute approximate surface area is 78.3 Å². The van der Waals surface area contributed by atoms with Crippen LogP contribution < -0.4 is 0 Å². The van der Waals surface area contributed by atoms with Gasteiger partial charge >= 0.3 is 0 Å². The second kappa shape index (κ2) is 4.61. The quantitative estimate of drug-likeness (QED) is 0.378. The monoisotopic (exact) mass is 190 g/mol. The summed E-state index contributed by atoms with van der Waals surface area (Å²) >= 11 is 5.93. The fourth-order valence-corrected chi connectivity index (χ4v) is 1.65. The van der Waals surface area contributed by atoms with Crippen LogP contribution >= 0.6 is 11.6 Å². The van der Waals surface area contributed by atoms with Gasteiger partial charge in [0.05, 0.1) is 10.8 Å². The predicted octanol–water partition coefficient (Wildman–Crippen LogP) is 2.19. The summed E-state index contributed by atoms with van der Waals surface area (Å²) in [5.74, 6) is -0.137. The van der Waals surface area contributed by atoms with Crippen LogP contribution in [0.25, 0.3) is 0 Å². The van der Waals surface area contributed by atoms with Crippen molar-refractivity contribution >= 4 is 23.7 Å². The lowest BCUT2D eigenvalue weighted by Gasteiger charge is -2.27. The van der Waals surface area contributed by atoms with E-state index in [4.69, 9.17) is 11.6 Å². The Balaban J connectivity index is 4.81. The number of carbonyl (C=O) groups is 2. The molecule has 0 heterocycles. The second-order valence-electron chi connectivity index (χ2n) is 2.94. The van der Waals surface area contributed by atoms with Crippen LogP contribution in [0, 0.1) is 5.41 Å². The molecule has 0 amide bonds. The smallest absolute Gasteiger partial charge is 0.144 e. The van der Waals surface area contributed by atoms with E-state index in [0.717, 1.165) is 0 Å². The molecule has 12 heavy (non-hydrogen) atoms. The van der Waals surface area contributed by atoms with E-state index >= 15 is 0 Å². The number of Topliss-reactive ketones (excluding diaryl/α,β-unsaturated/α-hetero) is 1. The van der Waals surface area contributed by atoms with Gasteiger partial charge < -0.3 is 4.79 Å². The van der Waals surface area contributed by atoms with Crippen molar-refractivity contribution in [1.82, 2.24) is 0 Å². The predicted molar refractivity (Wildman–Crippen MR) is 49.4 cm³/mol. The van der Waals surface area contributed by atoms with Crippen LogP contribution in [0.2, 0.25) is 0 Å². The van der Waals surface area contributed by atoms with E-state index in [1.165, 1.54) is 6.92 Å². The lowest BCUT2D eigenvalue weighted by Crippen LogP contribution is -2.39. The maximum Gasteiger partial charge on any atom is 0.144 e. The maximum atomic E-state index is 11.2. The first-order valence-corrected chi connectivity index (χ1v) is 4.60. The topological polar surface area (TPSA) is 34.1 Å². The van der Waals surface area contributed by atoms with Crippen LogP contribution in [-0.2, 0) is 9.59 Å². The lowest BCUT2D eigenvalue weighted by atomic mass is 9.78. The minimum Gasteiger partial charge on any atom is -0.302 e. The minimum atomic E-state index is -0.962. The summed E-state index contributed by atoms with van der Waals surface area (Å²) in [6.07, 6.45) is 1.80. The number of halogens is 1. The molecule has 0 N–H and O–H groups in total. The maximum absolute atomic E-state index is 11.2. The molecular formula is C9H15ClO2. The molecule has 3 heteroatoms. The highest BCUT2D eigenvalue weighted by Crippen LogP contribution is 2.31. The number of alkyl halides is 1. The molecule has 0 aliphatic heterocycles. The highest BCUT2D eigenvalue weighted by molar-refractivity contribution is 6.24. The molecule has 2 unspecified atom stereocenters. The third-order valence-corrected chi connectivity index (χ3v) is 3.07. The zero-order valence-corrected chi connectivity index (χ0v) is 8.52. The fraction of sp³-hybridized carbons (Fsp3) is 0.778. The van der Waals surface area contributed by atoms with Crippen LogP contribution in [0.5, 0.6) is 0 Å². The summed E-state index contributed by atoms with van der Waals surface area (Å²) in [6.45, 7) is 5.10. The minimum absolute atomic E-state index is 0.137. The van der Waals surface area contributed by atoms with Gasteiger partial charge in [0.2, 0.25) is 0 Å². The van der Waals surface area contributed by atoms with Gasteiger partial charge in [-0.1, -0.05) is 13.8 Å². The van der Waals surface area contributed by atoms with Gasteiger partial charge in [-0.05, 0) is 19.8 Å². The molecular weight excluding hydrogens is 176 g/mol. The molecule has 0 bridgehead atoms. The van der Waals surface area contributed by atoms with E-state index in [0.29, 0.717) is 19.1 Å². The van der Waals surface area contributed by atoms with E-state index < -0.39 is 5.41 Å². The summed E-state index contributed by atoms with van der Waals surface area (Å²) in [4.78, 5) is 22.0. The third-order valence-electron chi connectivity index (χ3n) is 2.37. The van der Waals surface area contributed by atoms with Gasteiger partial charge in [0.15, 0.2) is 0 Å². The fourth-order valence-electron chi connectivity index (χ4n) is 1.30. The number of rotatable bonds is 5. The van der Waals surface area contributed by atoms with Crippen molar-refractivity contribution in [3.05, 3.63) is 0 Å². The van der Waals surface area contributed by atoms with Gasteiger partial charge in [-0.25, -0.2) is 0 Å². The zero-order chi connectivity index (χ0) is 9.78. The van der Waals surface area contributed by atoms with Crippen molar-refractivity contribution in [2.75, 3.05) is 0 Å². The number of hydrogen-bond donors (Lipinski definition) is 0. The second-order valence-corrected chi connectivity index (χ2v) is 3.47. The molecule has 2 nitrogen and oxygen atoms in total. The highest BCUT2D eigenvalue weighted by atomic mass is 35.5. The molecule has 0 aromatic carbocycles. The normalized spacial score (nSPS) is 18.0. The molecule has 0 saturated heterocycles. The average Bonchev–Trinajstić information content (AvgIpc) is 2.06. The molecule has 0 aliphatic rings. The van der Waals surface area contributed by atoms with Gasteiger partial charge in [0.25, 0.3) is 0 Å². The number of hydrogen-bond acceptors (Lipinski definition) is 2. The Hall–Kier alpha value is -0.370. The molecule has 0 aromatic rings. The summed E-state index contributed by atoms with van der Waals surface area (Å²) < 4.78 is 0. The summed E-state index contributed by atoms with van der Waals surface area (Å²) in [6, 6.07) is 0. The summed E-state index contributed by atoms with van der Waals surface area (Å²) in [5, 5.41) is -0.377.